The van der Waals surface area contributed by atoms with Gasteiger partial charge in [-0.15, -0.1) is 0 Å². The van der Waals surface area contributed by atoms with Crippen LogP contribution in [0.4, 0.5) is 0 Å². The summed E-state index contributed by atoms with van der Waals surface area (Å²) in [7, 11) is 0. The lowest BCUT2D eigenvalue weighted by Gasteiger charge is -2.37. The third-order valence-corrected chi connectivity index (χ3v) is 4.80. The number of aliphatic carboxylic acids is 1. The highest BCUT2D eigenvalue weighted by Crippen LogP contribution is 2.22. The lowest BCUT2D eigenvalue weighted by atomic mass is 10.0. The van der Waals surface area contributed by atoms with E-state index in [1.54, 1.807) is 23.1 Å². The van der Waals surface area contributed by atoms with Crippen molar-refractivity contribution in [1.82, 2.24) is 9.80 Å². The van der Waals surface area contributed by atoms with Crippen LogP contribution in [0, 0.1) is 6.92 Å². The number of hydrogen-bond acceptors (Lipinski definition) is 4. The number of halogens is 1. The predicted molar refractivity (Wildman–Crippen MR) is 96.2 cm³/mol. The Balaban J connectivity index is 1.81. The van der Waals surface area contributed by atoms with Crippen LogP contribution in [0.3, 0.4) is 0 Å². The van der Waals surface area contributed by atoms with E-state index in [1.807, 2.05) is 18.7 Å². The molecule has 0 bridgehead atoms. The van der Waals surface area contributed by atoms with Crippen molar-refractivity contribution in [3.63, 3.8) is 0 Å². The van der Waals surface area contributed by atoms with Crippen molar-refractivity contribution in [3.05, 3.63) is 28.8 Å². The van der Waals surface area contributed by atoms with Crippen LogP contribution < -0.4 is 4.74 Å². The monoisotopic (exact) mass is 368 g/mol. The van der Waals surface area contributed by atoms with Crippen molar-refractivity contribution in [1.29, 1.82) is 0 Å². The molecule has 0 aromatic heterocycles. The third kappa shape index (κ3) is 5.61. The number of hydrogen-bond donors (Lipinski definition) is 1. The Kier molecular flexibility index (Phi) is 7.08. The molecule has 1 heterocycles. The quantitative estimate of drug-likeness (QED) is 0.800. The molecule has 1 aromatic carbocycles. The minimum atomic E-state index is -0.813. The van der Waals surface area contributed by atoms with Gasteiger partial charge in [0, 0.05) is 24.2 Å². The zero-order valence-corrected chi connectivity index (χ0v) is 15.5. The van der Waals surface area contributed by atoms with Gasteiger partial charge in [0.05, 0.1) is 6.54 Å². The zero-order valence-electron chi connectivity index (χ0n) is 14.7. The average molecular weight is 369 g/mol. The van der Waals surface area contributed by atoms with Crippen molar-refractivity contribution in [2.75, 3.05) is 32.8 Å². The van der Waals surface area contributed by atoms with E-state index < -0.39 is 5.97 Å². The molecular weight excluding hydrogens is 344 g/mol. The van der Waals surface area contributed by atoms with E-state index in [1.165, 1.54) is 0 Å². The molecule has 6 nitrogen and oxygen atoms in total. The van der Waals surface area contributed by atoms with Crippen LogP contribution in [0.1, 0.15) is 25.3 Å². The zero-order chi connectivity index (χ0) is 18.4. The highest BCUT2D eigenvalue weighted by molar-refractivity contribution is 6.30. The molecule has 138 valence electrons. The Hall–Kier alpha value is -1.79. The number of ether oxygens (including phenoxy) is 1. The summed E-state index contributed by atoms with van der Waals surface area (Å²) in [5, 5.41) is 9.61. The summed E-state index contributed by atoms with van der Waals surface area (Å²) in [4.78, 5) is 27.0. The molecule has 25 heavy (non-hydrogen) atoms. The van der Waals surface area contributed by atoms with Crippen molar-refractivity contribution in [2.45, 2.75) is 32.7 Å². The van der Waals surface area contributed by atoms with Crippen molar-refractivity contribution >= 4 is 23.5 Å². The van der Waals surface area contributed by atoms with Gasteiger partial charge in [0.15, 0.2) is 6.61 Å². The number of aryl methyl sites for hydroxylation is 1. The number of carbonyl (C=O) groups is 2. The normalized spacial score (nSPS) is 15.4. The second kappa shape index (κ2) is 9.06. The van der Waals surface area contributed by atoms with Gasteiger partial charge in [-0.3, -0.25) is 14.5 Å². The standard InChI is InChI=1S/C18H25ClN2O4/c1-3-20(11-18(23)24)15-6-8-21(9-7-15)17(22)12-25-16-5-4-14(19)10-13(16)2/h4-5,10,15H,3,6-9,11-12H2,1-2H3,(H,23,24). The molecule has 1 aliphatic heterocycles. The first-order chi connectivity index (χ1) is 11.9. The molecule has 7 heteroatoms. The Morgan fingerprint density at radius 1 is 1.36 bits per heavy atom. The smallest absolute Gasteiger partial charge is 0.317 e. The number of carboxylic acid groups (broad SMARTS) is 1. The maximum Gasteiger partial charge on any atom is 0.317 e. The van der Waals surface area contributed by atoms with Crippen LogP contribution in [-0.4, -0.2) is 65.6 Å². The second-order valence-electron chi connectivity index (χ2n) is 6.27. The van der Waals surface area contributed by atoms with Crippen LogP contribution in [-0.2, 0) is 9.59 Å². The number of carbonyl (C=O) groups excluding carboxylic acids is 1. The van der Waals surface area contributed by atoms with Gasteiger partial charge in [-0.1, -0.05) is 18.5 Å². The molecular formula is C18H25ClN2O4. The maximum atomic E-state index is 12.3. The lowest BCUT2D eigenvalue weighted by molar-refractivity contribution is -0.140. The largest absolute Gasteiger partial charge is 0.483 e. The van der Waals surface area contributed by atoms with Gasteiger partial charge < -0.3 is 14.7 Å². The number of benzene rings is 1. The van der Waals surface area contributed by atoms with Crippen LogP contribution in [0.5, 0.6) is 5.75 Å². The summed E-state index contributed by atoms with van der Waals surface area (Å²) in [6.45, 7) is 5.85. The van der Waals surface area contributed by atoms with Gasteiger partial charge in [-0.05, 0) is 50.1 Å². The summed E-state index contributed by atoms with van der Waals surface area (Å²) in [5.74, 6) is -0.201. The van der Waals surface area contributed by atoms with Gasteiger partial charge in [-0.2, -0.15) is 0 Å². The molecule has 0 aliphatic carbocycles. The van der Waals surface area contributed by atoms with Gasteiger partial charge in [0.1, 0.15) is 5.75 Å². The molecule has 2 rings (SSSR count). The first kappa shape index (κ1) is 19.5. The van der Waals surface area contributed by atoms with E-state index in [2.05, 4.69) is 0 Å². The number of nitrogens with zero attached hydrogens (tertiary/aromatic N) is 2. The fourth-order valence-corrected chi connectivity index (χ4v) is 3.39. The van der Waals surface area contributed by atoms with Gasteiger partial charge in [0.2, 0.25) is 0 Å². The second-order valence-corrected chi connectivity index (χ2v) is 6.70. The number of amides is 1. The summed E-state index contributed by atoms with van der Waals surface area (Å²) in [6, 6.07) is 5.52. The van der Waals surface area contributed by atoms with E-state index in [0.29, 0.717) is 30.4 Å². The number of piperidine rings is 1. The summed E-state index contributed by atoms with van der Waals surface area (Å²) < 4.78 is 5.62. The third-order valence-electron chi connectivity index (χ3n) is 4.57. The first-order valence-electron chi connectivity index (χ1n) is 8.53. The summed E-state index contributed by atoms with van der Waals surface area (Å²) >= 11 is 5.91. The number of likely N-dealkylation sites (N-methyl/N-ethyl adjacent to an activating group) is 1. The Morgan fingerprint density at radius 2 is 2.04 bits per heavy atom. The van der Waals surface area contributed by atoms with Gasteiger partial charge in [-0.25, -0.2) is 0 Å². The number of carboxylic acids is 1. The first-order valence-corrected chi connectivity index (χ1v) is 8.91. The van der Waals surface area contributed by atoms with Crippen LogP contribution in [0.15, 0.2) is 18.2 Å². The number of rotatable bonds is 7. The van der Waals surface area contributed by atoms with Crippen molar-refractivity contribution in [3.8, 4) is 5.75 Å². The fourth-order valence-electron chi connectivity index (χ4n) is 3.16. The molecule has 1 aromatic rings. The van der Waals surface area contributed by atoms with Crippen LogP contribution >= 0.6 is 11.6 Å². The van der Waals surface area contributed by atoms with E-state index in [0.717, 1.165) is 18.4 Å². The topological polar surface area (TPSA) is 70.1 Å². The highest BCUT2D eigenvalue weighted by Gasteiger charge is 2.27. The van der Waals surface area contributed by atoms with Crippen molar-refractivity contribution < 1.29 is 19.4 Å². The van der Waals surface area contributed by atoms with Gasteiger partial charge in [0.25, 0.3) is 5.91 Å². The van der Waals surface area contributed by atoms with E-state index in [9.17, 15) is 9.59 Å². The Morgan fingerprint density at radius 3 is 2.60 bits per heavy atom. The minimum Gasteiger partial charge on any atom is -0.483 e. The lowest BCUT2D eigenvalue weighted by Crippen LogP contribution is -2.49. The SMILES string of the molecule is CCN(CC(=O)O)C1CCN(C(=O)COc2ccc(Cl)cc2C)CC1. The molecule has 1 fully saturated rings. The van der Waals surface area contributed by atoms with E-state index in [-0.39, 0.29) is 25.1 Å². The highest BCUT2D eigenvalue weighted by atomic mass is 35.5. The van der Waals surface area contributed by atoms with E-state index in [4.69, 9.17) is 21.4 Å². The molecule has 0 spiro atoms. The molecule has 1 amide bonds. The Bertz CT molecular complexity index is 615. The maximum absolute atomic E-state index is 12.3. The molecule has 0 saturated carbocycles. The summed E-state index contributed by atoms with van der Waals surface area (Å²) in [6.07, 6.45) is 1.57. The molecule has 1 N–H and O–H groups in total. The molecule has 0 radical (unpaired) electrons. The fraction of sp³-hybridized carbons (Fsp3) is 0.556. The molecule has 1 saturated heterocycles. The average Bonchev–Trinajstić information content (AvgIpc) is 2.58. The molecule has 1 aliphatic rings. The van der Waals surface area contributed by atoms with Crippen LogP contribution in [0.25, 0.3) is 0 Å². The predicted octanol–water partition coefficient (Wildman–Crippen LogP) is 2.42. The van der Waals surface area contributed by atoms with Gasteiger partial charge >= 0.3 is 5.97 Å². The van der Waals surface area contributed by atoms with E-state index >= 15 is 0 Å². The summed E-state index contributed by atoms with van der Waals surface area (Å²) in [5.41, 5.74) is 0.895. The van der Waals surface area contributed by atoms with Crippen LogP contribution in [0.2, 0.25) is 5.02 Å². The number of likely N-dealkylation sites (tertiary alicyclic amines) is 1. The van der Waals surface area contributed by atoms with Crippen molar-refractivity contribution in [2.24, 2.45) is 0 Å². The molecule has 0 atom stereocenters. The Labute approximate surface area is 153 Å². The minimum absolute atomic E-state index is 0.000241. The molecule has 0 unspecified atom stereocenters.